The van der Waals surface area contributed by atoms with Gasteiger partial charge in [0, 0.05) is 10.6 Å². The van der Waals surface area contributed by atoms with Crippen molar-refractivity contribution in [2.45, 2.75) is 39.7 Å². The number of carbonyl (C=O) groups excluding carboxylic acids is 1. The number of anilines is 1. The number of hydrogen-bond donors (Lipinski definition) is 1. The van der Waals surface area contributed by atoms with Crippen LogP contribution in [-0.2, 0) is 9.53 Å². The normalized spacial score (nSPS) is 16.9. The molecular formula is C16H20N4O2S. The Morgan fingerprint density at radius 1 is 1.48 bits per heavy atom. The molecule has 0 aliphatic carbocycles. The molecule has 0 fully saturated rings. The highest BCUT2D eigenvalue weighted by atomic mass is 32.1. The van der Waals surface area contributed by atoms with Crippen LogP contribution in [0.3, 0.4) is 0 Å². The Balaban J connectivity index is 2.17. The number of nitrogens with zero attached hydrogens (tertiary/aromatic N) is 3. The summed E-state index contributed by atoms with van der Waals surface area (Å²) in [5, 5.41) is 9.62. The van der Waals surface area contributed by atoms with Crippen LogP contribution in [-0.4, -0.2) is 27.3 Å². The lowest BCUT2D eigenvalue weighted by Crippen LogP contribution is -2.30. The van der Waals surface area contributed by atoms with Crippen molar-refractivity contribution in [2.24, 2.45) is 0 Å². The van der Waals surface area contributed by atoms with Crippen LogP contribution < -0.4 is 5.32 Å². The Kier molecular flexibility index (Phi) is 4.47. The Morgan fingerprint density at radius 3 is 2.96 bits per heavy atom. The van der Waals surface area contributed by atoms with Gasteiger partial charge >= 0.3 is 5.97 Å². The number of rotatable bonds is 5. The van der Waals surface area contributed by atoms with Crippen LogP contribution in [0.15, 0.2) is 29.0 Å². The highest BCUT2D eigenvalue weighted by Gasteiger charge is 2.36. The molecule has 1 aliphatic rings. The molecule has 3 heterocycles. The molecule has 122 valence electrons. The average molecular weight is 332 g/mol. The van der Waals surface area contributed by atoms with Crippen LogP contribution in [0.4, 0.5) is 5.95 Å². The van der Waals surface area contributed by atoms with E-state index in [-0.39, 0.29) is 12.0 Å². The van der Waals surface area contributed by atoms with Crippen LogP contribution in [0.25, 0.3) is 0 Å². The molecule has 6 nitrogen and oxygen atoms in total. The predicted molar refractivity (Wildman–Crippen MR) is 89.4 cm³/mol. The number of esters is 1. The first kappa shape index (κ1) is 15.7. The molecule has 0 aromatic carbocycles. The lowest BCUT2D eigenvalue weighted by Gasteiger charge is -2.29. The molecule has 0 unspecified atom stereocenters. The number of hydrogen-bond acceptors (Lipinski definition) is 6. The first-order chi connectivity index (χ1) is 11.2. The van der Waals surface area contributed by atoms with E-state index in [1.54, 1.807) is 16.0 Å². The van der Waals surface area contributed by atoms with Crippen molar-refractivity contribution in [1.29, 1.82) is 0 Å². The fraction of sp³-hybridized carbons (Fsp3) is 0.438. The first-order valence-corrected chi connectivity index (χ1v) is 8.66. The third kappa shape index (κ3) is 2.76. The molecule has 0 spiro atoms. The Morgan fingerprint density at radius 2 is 2.30 bits per heavy atom. The largest absolute Gasteiger partial charge is 0.463 e. The summed E-state index contributed by atoms with van der Waals surface area (Å²) in [6.07, 6.45) is 3.20. The fourth-order valence-corrected chi connectivity index (χ4v) is 3.83. The third-order valence-corrected chi connectivity index (χ3v) is 4.90. The minimum Gasteiger partial charge on any atom is -0.463 e. The van der Waals surface area contributed by atoms with E-state index in [1.165, 1.54) is 6.33 Å². The second-order valence-corrected chi connectivity index (χ2v) is 6.33. The Hall–Kier alpha value is -2.15. The van der Waals surface area contributed by atoms with Crippen molar-refractivity contribution >= 4 is 23.3 Å². The molecule has 0 bridgehead atoms. The smallest absolute Gasteiger partial charge is 0.338 e. The van der Waals surface area contributed by atoms with Crippen LogP contribution in [0.5, 0.6) is 0 Å². The number of fused-ring (bicyclic) bond motifs is 1. The molecule has 23 heavy (non-hydrogen) atoms. The van der Waals surface area contributed by atoms with Crippen molar-refractivity contribution in [3.05, 3.63) is 39.5 Å². The number of ether oxygens (including phenoxy) is 1. The second kappa shape index (κ2) is 6.54. The van der Waals surface area contributed by atoms with E-state index >= 15 is 0 Å². The summed E-state index contributed by atoms with van der Waals surface area (Å²) in [5.41, 5.74) is 2.66. The van der Waals surface area contributed by atoms with Crippen molar-refractivity contribution in [2.75, 3.05) is 11.9 Å². The van der Waals surface area contributed by atoms with Gasteiger partial charge in [0.25, 0.3) is 0 Å². The van der Waals surface area contributed by atoms with Gasteiger partial charge in [-0.2, -0.15) is 10.1 Å². The Labute approximate surface area is 139 Å². The van der Waals surface area contributed by atoms with Crippen LogP contribution in [0, 0.1) is 6.92 Å². The van der Waals surface area contributed by atoms with E-state index in [9.17, 15) is 4.79 Å². The third-order valence-electron chi connectivity index (χ3n) is 3.82. The monoisotopic (exact) mass is 332 g/mol. The predicted octanol–water partition coefficient (Wildman–Crippen LogP) is 3.28. The van der Waals surface area contributed by atoms with E-state index < -0.39 is 0 Å². The van der Waals surface area contributed by atoms with E-state index in [2.05, 4.69) is 28.4 Å². The molecule has 0 saturated carbocycles. The summed E-state index contributed by atoms with van der Waals surface area (Å²) in [7, 11) is 0. The maximum Gasteiger partial charge on any atom is 0.338 e. The zero-order valence-electron chi connectivity index (χ0n) is 13.5. The molecule has 2 aromatic heterocycles. The molecule has 1 N–H and O–H groups in total. The van der Waals surface area contributed by atoms with Crippen LogP contribution in [0.1, 0.15) is 43.2 Å². The van der Waals surface area contributed by atoms with Gasteiger partial charge in [0.2, 0.25) is 5.95 Å². The summed E-state index contributed by atoms with van der Waals surface area (Å²) in [5.74, 6) is 0.377. The van der Waals surface area contributed by atoms with E-state index in [1.807, 2.05) is 19.2 Å². The molecule has 1 atom stereocenters. The lowest BCUT2D eigenvalue weighted by molar-refractivity contribution is -0.139. The van der Waals surface area contributed by atoms with Gasteiger partial charge in [0.05, 0.1) is 12.2 Å². The molecule has 0 amide bonds. The van der Waals surface area contributed by atoms with E-state index in [4.69, 9.17) is 4.74 Å². The number of allylic oxidation sites excluding steroid dienone is 1. The molecule has 1 aliphatic heterocycles. The maximum atomic E-state index is 12.7. The van der Waals surface area contributed by atoms with Crippen LogP contribution >= 0.6 is 11.3 Å². The highest BCUT2D eigenvalue weighted by Crippen LogP contribution is 2.39. The van der Waals surface area contributed by atoms with Gasteiger partial charge in [-0.1, -0.05) is 13.3 Å². The van der Waals surface area contributed by atoms with Crippen LogP contribution in [0.2, 0.25) is 0 Å². The molecule has 0 radical (unpaired) electrons. The number of thiophene rings is 1. The molecule has 2 aromatic rings. The minimum atomic E-state index is -0.289. The van der Waals surface area contributed by atoms with Gasteiger partial charge in [-0.05, 0) is 37.3 Å². The molecule has 0 saturated heterocycles. The molecule has 7 heteroatoms. The molecular weight excluding hydrogens is 312 g/mol. The van der Waals surface area contributed by atoms with Crippen molar-refractivity contribution in [3.8, 4) is 0 Å². The van der Waals surface area contributed by atoms with Crippen molar-refractivity contribution in [1.82, 2.24) is 14.8 Å². The molecule has 3 rings (SSSR count). The topological polar surface area (TPSA) is 69.0 Å². The lowest BCUT2D eigenvalue weighted by atomic mass is 9.97. The number of nitrogens with one attached hydrogen (secondary N) is 1. The summed E-state index contributed by atoms with van der Waals surface area (Å²) in [4.78, 5) is 18.0. The van der Waals surface area contributed by atoms with Gasteiger partial charge in [-0.3, -0.25) is 0 Å². The highest BCUT2D eigenvalue weighted by molar-refractivity contribution is 7.10. The summed E-state index contributed by atoms with van der Waals surface area (Å²) in [6, 6.07) is 1.77. The standard InChI is InChI=1S/C16H20N4O2S/c1-4-6-11-12(15(21)22-5-2)13(14-10(3)7-8-23-14)20-16(19-11)17-9-18-20/h7-9,13H,4-6H2,1-3H3,(H,17,18,19)/t13-/m0/s1. The average Bonchev–Trinajstić information content (AvgIpc) is 3.15. The summed E-state index contributed by atoms with van der Waals surface area (Å²) in [6.45, 7) is 6.30. The van der Waals surface area contributed by atoms with Gasteiger partial charge in [-0.15, -0.1) is 11.3 Å². The van der Waals surface area contributed by atoms with E-state index in [0.29, 0.717) is 18.1 Å². The first-order valence-electron chi connectivity index (χ1n) is 7.78. The van der Waals surface area contributed by atoms with Crippen molar-refractivity contribution < 1.29 is 9.53 Å². The maximum absolute atomic E-state index is 12.7. The zero-order chi connectivity index (χ0) is 16.4. The second-order valence-electron chi connectivity index (χ2n) is 5.39. The van der Waals surface area contributed by atoms with Gasteiger partial charge in [0.15, 0.2) is 0 Å². The summed E-state index contributed by atoms with van der Waals surface area (Å²) < 4.78 is 7.09. The van der Waals surface area contributed by atoms with Crippen molar-refractivity contribution in [3.63, 3.8) is 0 Å². The Bertz CT molecular complexity index is 747. The quantitative estimate of drug-likeness (QED) is 0.851. The number of aromatic nitrogens is 3. The van der Waals surface area contributed by atoms with E-state index in [0.717, 1.165) is 29.0 Å². The van der Waals surface area contributed by atoms with Gasteiger partial charge in [0.1, 0.15) is 12.4 Å². The minimum absolute atomic E-state index is 0.283. The summed E-state index contributed by atoms with van der Waals surface area (Å²) >= 11 is 1.62. The van der Waals surface area contributed by atoms with Gasteiger partial charge in [-0.25, -0.2) is 9.48 Å². The van der Waals surface area contributed by atoms with Gasteiger partial charge < -0.3 is 10.1 Å². The zero-order valence-corrected chi connectivity index (χ0v) is 14.3. The number of carbonyl (C=O) groups is 1. The SMILES string of the molecule is CCCC1=C(C(=O)OCC)[C@@H](c2sccc2C)n2ncnc2N1. The number of aryl methyl sites for hydroxylation is 1. The fourth-order valence-electron chi connectivity index (χ4n) is 2.82.